The van der Waals surface area contributed by atoms with Gasteiger partial charge in [0.25, 0.3) is 0 Å². The Morgan fingerprint density at radius 2 is 2.16 bits per heavy atom. The molecule has 2 amide bonds. The molecular formula is C16H16N4O3S2. The Bertz CT molecular complexity index is 791. The van der Waals surface area contributed by atoms with Gasteiger partial charge in [0.15, 0.2) is 4.34 Å². The van der Waals surface area contributed by atoms with Crippen molar-refractivity contribution in [3.8, 4) is 5.75 Å². The highest BCUT2D eigenvalue weighted by Gasteiger charge is 2.40. The number of nitrogens with one attached hydrogen (secondary N) is 1. The van der Waals surface area contributed by atoms with Crippen LogP contribution in [-0.2, 0) is 9.59 Å². The van der Waals surface area contributed by atoms with E-state index in [2.05, 4.69) is 22.1 Å². The van der Waals surface area contributed by atoms with Crippen molar-refractivity contribution < 1.29 is 14.3 Å². The number of nitrogens with zero attached hydrogens (tertiary/aromatic N) is 3. The van der Waals surface area contributed by atoms with E-state index >= 15 is 0 Å². The van der Waals surface area contributed by atoms with Crippen LogP contribution in [0.5, 0.6) is 5.75 Å². The highest BCUT2D eigenvalue weighted by molar-refractivity contribution is 8.02. The molecule has 2 heterocycles. The zero-order valence-corrected chi connectivity index (χ0v) is 15.1. The number of hydrogen-bond donors (Lipinski definition) is 1. The second kappa shape index (κ2) is 7.66. The van der Waals surface area contributed by atoms with Gasteiger partial charge >= 0.3 is 0 Å². The highest BCUT2D eigenvalue weighted by Crippen LogP contribution is 2.36. The fourth-order valence-electron chi connectivity index (χ4n) is 2.31. The molecule has 0 aliphatic carbocycles. The van der Waals surface area contributed by atoms with Crippen LogP contribution in [-0.4, -0.2) is 40.9 Å². The molecule has 3 rings (SSSR count). The van der Waals surface area contributed by atoms with Crippen molar-refractivity contribution in [1.82, 2.24) is 10.2 Å². The molecule has 1 fully saturated rings. The van der Waals surface area contributed by atoms with E-state index in [1.807, 2.05) is 0 Å². The Hall–Kier alpha value is -2.39. The van der Waals surface area contributed by atoms with Crippen molar-refractivity contribution >= 4 is 45.7 Å². The molecule has 0 unspecified atom stereocenters. The third-order valence-corrected chi connectivity index (χ3v) is 5.63. The summed E-state index contributed by atoms with van der Waals surface area (Å²) in [6.45, 7) is 4.21. The predicted octanol–water partition coefficient (Wildman–Crippen LogP) is 2.57. The summed E-state index contributed by atoms with van der Waals surface area (Å²) in [5.74, 6) is 0.209. The Labute approximate surface area is 153 Å². The zero-order valence-electron chi connectivity index (χ0n) is 13.5. The molecule has 0 spiro atoms. The Morgan fingerprint density at radius 3 is 2.84 bits per heavy atom. The summed E-state index contributed by atoms with van der Waals surface area (Å²) in [6.07, 6.45) is 1.87. The number of benzene rings is 1. The van der Waals surface area contributed by atoms with Crippen LogP contribution in [0.2, 0.25) is 0 Å². The van der Waals surface area contributed by atoms with Crippen molar-refractivity contribution in [2.45, 2.75) is 16.0 Å². The molecule has 0 bridgehead atoms. The van der Waals surface area contributed by atoms with E-state index in [0.29, 0.717) is 27.5 Å². The molecule has 1 N–H and O–H groups in total. The van der Waals surface area contributed by atoms with Gasteiger partial charge in [-0.05, 0) is 24.3 Å². The van der Waals surface area contributed by atoms with Gasteiger partial charge in [-0.1, -0.05) is 29.2 Å². The quantitative estimate of drug-likeness (QED) is 0.587. The number of carbonyl (C=O) groups excluding carboxylic acids is 2. The van der Waals surface area contributed by atoms with E-state index < -0.39 is 5.25 Å². The first-order chi connectivity index (χ1) is 12.1. The van der Waals surface area contributed by atoms with E-state index in [1.54, 1.807) is 37.5 Å². The van der Waals surface area contributed by atoms with Crippen molar-refractivity contribution in [3.63, 3.8) is 0 Å². The molecule has 130 valence electrons. The fourth-order valence-corrected chi connectivity index (χ4v) is 4.33. The Balaban J connectivity index is 1.70. The molecule has 25 heavy (non-hydrogen) atoms. The number of aromatic nitrogens is 2. The number of carbonyl (C=O) groups is 2. The lowest BCUT2D eigenvalue weighted by atomic mass is 10.3. The molecule has 9 heteroatoms. The first kappa shape index (κ1) is 17.4. The summed E-state index contributed by atoms with van der Waals surface area (Å²) in [5, 5.41) is 11.3. The number of ether oxygens (including phenoxy) is 1. The summed E-state index contributed by atoms with van der Waals surface area (Å²) in [6, 6.07) is 6.84. The molecule has 0 saturated carbocycles. The normalized spacial score (nSPS) is 17.0. The minimum atomic E-state index is -0.491. The topological polar surface area (TPSA) is 84.4 Å². The van der Waals surface area contributed by atoms with E-state index in [1.165, 1.54) is 28.0 Å². The fraction of sp³-hybridized carbons (Fsp3) is 0.250. The summed E-state index contributed by atoms with van der Waals surface area (Å²) in [7, 11) is 1.56. The largest absolute Gasteiger partial charge is 0.497 e. The lowest BCUT2D eigenvalue weighted by molar-refractivity contribution is -0.121. The van der Waals surface area contributed by atoms with Gasteiger partial charge in [0, 0.05) is 13.0 Å². The smallest absolute Gasteiger partial charge is 0.247 e. The molecule has 1 aliphatic heterocycles. The number of rotatable bonds is 7. The third kappa shape index (κ3) is 3.83. The molecule has 1 saturated heterocycles. The van der Waals surface area contributed by atoms with Crippen LogP contribution < -0.4 is 15.0 Å². The van der Waals surface area contributed by atoms with Gasteiger partial charge in [-0.15, -0.1) is 16.8 Å². The molecule has 2 aromatic rings. The average Bonchev–Trinajstić information content (AvgIpc) is 3.18. The van der Waals surface area contributed by atoms with Crippen molar-refractivity contribution in [2.24, 2.45) is 0 Å². The summed E-state index contributed by atoms with van der Waals surface area (Å²) < 4.78 is 5.74. The van der Waals surface area contributed by atoms with Crippen molar-refractivity contribution in [1.29, 1.82) is 0 Å². The maximum Gasteiger partial charge on any atom is 0.247 e. The molecular weight excluding hydrogens is 360 g/mol. The second-order valence-electron chi connectivity index (χ2n) is 5.12. The van der Waals surface area contributed by atoms with Gasteiger partial charge in [0.05, 0.1) is 12.8 Å². The lowest BCUT2D eigenvalue weighted by Gasteiger charge is -2.14. The summed E-state index contributed by atoms with van der Waals surface area (Å²) >= 11 is 2.61. The van der Waals surface area contributed by atoms with Gasteiger partial charge in [0.1, 0.15) is 11.0 Å². The minimum absolute atomic E-state index is 0.143. The Kier molecular flexibility index (Phi) is 5.34. The standard InChI is InChI=1S/C16H16N4O3S2/c1-3-8-17-15-18-19-16(25-15)24-12-9-13(21)20(14(12)22)10-4-6-11(23-2)7-5-10/h3-7,12H,1,8-9H2,2H3,(H,17,18)/t12-/m0/s1. The second-order valence-corrected chi connectivity index (χ2v) is 7.55. The van der Waals surface area contributed by atoms with Crippen LogP contribution in [0, 0.1) is 0 Å². The predicted molar refractivity (Wildman–Crippen MR) is 98.3 cm³/mol. The van der Waals surface area contributed by atoms with Crippen molar-refractivity contribution in [3.05, 3.63) is 36.9 Å². The molecule has 1 aromatic heterocycles. The van der Waals surface area contributed by atoms with Crippen LogP contribution in [0.15, 0.2) is 41.3 Å². The summed E-state index contributed by atoms with van der Waals surface area (Å²) in [5.41, 5.74) is 0.546. The maximum atomic E-state index is 12.6. The maximum absolute atomic E-state index is 12.6. The number of thioether (sulfide) groups is 1. The van der Waals surface area contributed by atoms with Gasteiger partial charge in [-0.3, -0.25) is 9.59 Å². The van der Waals surface area contributed by atoms with Crippen LogP contribution in [0.3, 0.4) is 0 Å². The van der Waals surface area contributed by atoms with Crippen LogP contribution in [0.25, 0.3) is 0 Å². The van der Waals surface area contributed by atoms with Gasteiger partial charge < -0.3 is 10.1 Å². The molecule has 1 aromatic carbocycles. The first-order valence-electron chi connectivity index (χ1n) is 7.48. The molecule has 7 nitrogen and oxygen atoms in total. The number of anilines is 2. The number of amides is 2. The van der Waals surface area contributed by atoms with Gasteiger partial charge in [-0.2, -0.15) is 0 Å². The Morgan fingerprint density at radius 1 is 1.40 bits per heavy atom. The van der Waals surface area contributed by atoms with Gasteiger partial charge in [0.2, 0.25) is 16.9 Å². The van der Waals surface area contributed by atoms with Crippen molar-refractivity contribution in [2.75, 3.05) is 23.9 Å². The molecule has 1 aliphatic rings. The van der Waals surface area contributed by atoms with E-state index in [4.69, 9.17) is 4.74 Å². The van der Waals surface area contributed by atoms with Crippen LogP contribution in [0.1, 0.15) is 6.42 Å². The lowest BCUT2D eigenvalue weighted by Crippen LogP contribution is -2.31. The number of methoxy groups -OCH3 is 1. The molecule has 1 atom stereocenters. The van der Waals surface area contributed by atoms with E-state index in [0.717, 1.165) is 0 Å². The van der Waals surface area contributed by atoms with Gasteiger partial charge in [-0.25, -0.2) is 4.90 Å². The van der Waals surface area contributed by atoms with Crippen LogP contribution in [0.4, 0.5) is 10.8 Å². The average molecular weight is 376 g/mol. The zero-order chi connectivity index (χ0) is 17.8. The summed E-state index contributed by atoms with van der Waals surface area (Å²) in [4.78, 5) is 26.1. The monoisotopic (exact) mass is 376 g/mol. The van der Waals surface area contributed by atoms with E-state index in [-0.39, 0.29) is 18.2 Å². The molecule has 0 radical (unpaired) electrons. The minimum Gasteiger partial charge on any atom is -0.497 e. The number of hydrogen-bond acceptors (Lipinski definition) is 8. The first-order valence-corrected chi connectivity index (χ1v) is 9.17. The van der Waals surface area contributed by atoms with Crippen LogP contribution >= 0.6 is 23.1 Å². The third-order valence-electron chi connectivity index (χ3n) is 3.48. The number of imide groups is 1. The SMILES string of the molecule is C=CCNc1nnc(S[C@H]2CC(=O)N(c3ccc(OC)cc3)C2=O)s1. The van der Waals surface area contributed by atoms with E-state index in [9.17, 15) is 9.59 Å². The highest BCUT2D eigenvalue weighted by atomic mass is 32.2.